The molecule has 23 heavy (non-hydrogen) atoms. The van der Waals surface area contributed by atoms with Crippen LogP contribution in [0.25, 0.3) is 0 Å². The van der Waals surface area contributed by atoms with Crippen LogP contribution in [-0.2, 0) is 14.8 Å². The summed E-state index contributed by atoms with van der Waals surface area (Å²) in [5.74, 6) is -0.443. The minimum Gasteiger partial charge on any atom is -0.341 e. The molecule has 1 aromatic carbocycles. The predicted molar refractivity (Wildman–Crippen MR) is 84.9 cm³/mol. The molecule has 128 valence electrons. The Morgan fingerprint density at radius 1 is 1.17 bits per heavy atom. The molecule has 0 aromatic heterocycles. The first-order valence-electron chi connectivity index (χ1n) is 7.63. The average molecular weight is 343 g/mol. The molecule has 0 spiro atoms. The van der Waals surface area contributed by atoms with Crippen molar-refractivity contribution < 1.29 is 17.6 Å². The van der Waals surface area contributed by atoms with Crippen LogP contribution in [0.5, 0.6) is 0 Å². The molecular formula is C15H22FN3O3S. The lowest BCUT2D eigenvalue weighted by atomic mass is 10.3. The fourth-order valence-corrected chi connectivity index (χ4v) is 4.00. The van der Waals surface area contributed by atoms with E-state index in [2.05, 4.69) is 5.32 Å². The maximum Gasteiger partial charge on any atom is 0.243 e. The molecule has 1 aliphatic rings. The second-order valence-corrected chi connectivity index (χ2v) is 7.38. The third kappa shape index (κ3) is 4.49. The number of carbonyl (C=O) groups excluding carboxylic acids is 1. The minimum absolute atomic E-state index is 0.0281. The largest absolute Gasteiger partial charge is 0.341 e. The molecule has 0 unspecified atom stereocenters. The molecule has 1 aromatic rings. The van der Waals surface area contributed by atoms with Gasteiger partial charge >= 0.3 is 0 Å². The van der Waals surface area contributed by atoms with Gasteiger partial charge in [0.25, 0.3) is 0 Å². The molecule has 1 amide bonds. The van der Waals surface area contributed by atoms with Gasteiger partial charge < -0.3 is 10.2 Å². The van der Waals surface area contributed by atoms with E-state index in [1.807, 2.05) is 0 Å². The van der Waals surface area contributed by atoms with E-state index in [0.717, 1.165) is 12.1 Å². The fourth-order valence-electron chi connectivity index (χ4n) is 2.53. The smallest absolute Gasteiger partial charge is 0.243 e. The van der Waals surface area contributed by atoms with Crippen LogP contribution in [0.4, 0.5) is 4.39 Å². The van der Waals surface area contributed by atoms with E-state index in [1.165, 1.54) is 16.4 Å². The molecule has 0 saturated carbocycles. The Bertz CT molecular complexity index is 634. The SMILES string of the molecule is CNCCC(=O)N1CCCN(S(=O)(=O)c2ccc(F)cc2)CC1. The second-order valence-electron chi connectivity index (χ2n) is 5.45. The van der Waals surface area contributed by atoms with Gasteiger partial charge in [-0.2, -0.15) is 4.31 Å². The summed E-state index contributed by atoms with van der Waals surface area (Å²) in [5.41, 5.74) is 0. The van der Waals surface area contributed by atoms with Gasteiger partial charge in [-0.25, -0.2) is 12.8 Å². The minimum atomic E-state index is -3.65. The first kappa shape index (κ1) is 17.8. The summed E-state index contributed by atoms with van der Waals surface area (Å²) in [6, 6.07) is 4.81. The van der Waals surface area contributed by atoms with Crippen molar-refractivity contribution in [1.29, 1.82) is 0 Å². The summed E-state index contributed by atoms with van der Waals surface area (Å²) in [6.07, 6.45) is 0.993. The highest BCUT2D eigenvalue weighted by molar-refractivity contribution is 7.89. The summed E-state index contributed by atoms with van der Waals surface area (Å²) in [5, 5.41) is 2.93. The monoisotopic (exact) mass is 343 g/mol. The quantitative estimate of drug-likeness (QED) is 0.853. The highest BCUT2D eigenvalue weighted by Gasteiger charge is 2.28. The summed E-state index contributed by atoms with van der Waals surface area (Å²) in [6.45, 7) is 2.15. The number of nitrogens with zero attached hydrogens (tertiary/aromatic N) is 2. The zero-order valence-electron chi connectivity index (χ0n) is 13.2. The number of benzene rings is 1. The molecule has 0 radical (unpaired) electrons. The molecule has 8 heteroatoms. The molecule has 6 nitrogen and oxygen atoms in total. The van der Waals surface area contributed by atoms with Gasteiger partial charge in [0.15, 0.2) is 0 Å². The van der Waals surface area contributed by atoms with Crippen LogP contribution in [0.2, 0.25) is 0 Å². The van der Waals surface area contributed by atoms with Crippen molar-refractivity contribution in [3.63, 3.8) is 0 Å². The fraction of sp³-hybridized carbons (Fsp3) is 0.533. The highest BCUT2D eigenvalue weighted by Crippen LogP contribution is 2.18. The van der Waals surface area contributed by atoms with Gasteiger partial charge in [0.05, 0.1) is 4.90 Å². The Labute approximate surface area is 136 Å². The number of sulfonamides is 1. The Balaban J connectivity index is 2.04. The van der Waals surface area contributed by atoms with Crippen molar-refractivity contribution in [3.8, 4) is 0 Å². The van der Waals surface area contributed by atoms with Crippen LogP contribution in [-0.4, -0.2) is 63.3 Å². The number of carbonyl (C=O) groups is 1. The van der Waals surface area contributed by atoms with Crippen LogP contribution < -0.4 is 5.32 Å². The van der Waals surface area contributed by atoms with E-state index in [1.54, 1.807) is 11.9 Å². The summed E-state index contributed by atoms with van der Waals surface area (Å²) in [7, 11) is -1.87. The summed E-state index contributed by atoms with van der Waals surface area (Å²) in [4.78, 5) is 13.8. The van der Waals surface area contributed by atoms with Crippen LogP contribution in [0.3, 0.4) is 0 Å². The number of nitrogens with one attached hydrogen (secondary N) is 1. The lowest BCUT2D eigenvalue weighted by Gasteiger charge is -2.22. The summed E-state index contributed by atoms with van der Waals surface area (Å²) >= 11 is 0. The summed E-state index contributed by atoms with van der Waals surface area (Å²) < 4.78 is 39.5. The van der Waals surface area contributed by atoms with Crippen molar-refractivity contribution in [1.82, 2.24) is 14.5 Å². The molecule has 1 heterocycles. The molecule has 1 saturated heterocycles. The molecular weight excluding hydrogens is 321 g/mol. The topological polar surface area (TPSA) is 69.7 Å². The third-order valence-corrected chi connectivity index (χ3v) is 5.76. The van der Waals surface area contributed by atoms with Gasteiger partial charge in [-0.1, -0.05) is 0 Å². The Morgan fingerprint density at radius 2 is 1.87 bits per heavy atom. The molecule has 2 rings (SSSR count). The van der Waals surface area contributed by atoms with Gasteiger partial charge in [-0.15, -0.1) is 0 Å². The molecule has 1 fully saturated rings. The standard InChI is InChI=1S/C15H22FN3O3S/c1-17-8-7-15(20)18-9-2-10-19(12-11-18)23(21,22)14-5-3-13(16)4-6-14/h3-6,17H,2,7-12H2,1H3. The molecule has 1 aliphatic heterocycles. The maximum absolute atomic E-state index is 13.0. The van der Waals surface area contributed by atoms with Crippen molar-refractivity contribution >= 4 is 15.9 Å². The second kappa shape index (κ2) is 7.85. The predicted octanol–water partition coefficient (Wildman–Crippen LogP) is 0.658. The number of hydrogen-bond donors (Lipinski definition) is 1. The van der Waals surface area contributed by atoms with Crippen molar-refractivity contribution in [2.24, 2.45) is 0 Å². The number of halogens is 1. The van der Waals surface area contributed by atoms with Crippen molar-refractivity contribution in [2.45, 2.75) is 17.7 Å². The first-order valence-corrected chi connectivity index (χ1v) is 9.07. The van der Waals surface area contributed by atoms with Gasteiger partial charge in [0.1, 0.15) is 5.82 Å². The molecule has 0 bridgehead atoms. The number of amides is 1. The van der Waals surface area contributed by atoms with Crippen molar-refractivity contribution in [3.05, 3.63) is 30.1 Å². The van der Waals surface area contributed by atoms with Gasteiger partial charge in [-0.3, -0.25) is 4.79 Å². The van der Waals surface area contributed by atoms with Crippen molar-refractivity contribution in [2.75, 3.05) is 39.8 Å². The lowest BCUT2D eigenvalue weighted by Crippen LogP contribution is -2.38. The Kier molecular flexibility index (Phi) is 6.09. The van der Waals surface area contributed by atoms with E-state index in [0.29, 0.717) is 39.0 Å². The lowest BCUT2D eigenvalue weighted by molar-refractivity contribution is -0.130. The highest BCUT2D eigenvalue weighted by atomic mass is 32.2. The van der Waals surface area contributed by atoms with Crippen LogP contribution in [0.1, 0.15) is 12.8 Å². The average Bonchev–Trinajstić information content (AvgIpc) is 2.79. The van der Waals surface area contributed by atoms with E-state index < -0.39 is 15.8 Å². The molecule has 1 N–H and O–H groups in total. The molecule has 0 aliphatic carbocycles. The van der Waals surface area contributed by atoms with Gasteiger partial charge in [0, 0.05) is 39.1 Å². The Hall–Kier alpha value is -1.51. The van der Waals surface area contributed by atoms with Crippen LogP contribution in [0, 0.1) is 5.82 Å². The van der Waals surface area contributed by atoms with Crippen LogP contribution >= 0.6 is 0 Å². The molecule has 0 atom stereocenters. The van der Waals surface area contributed by atoms with Gasteiger partial charge in [-0.05, 0) is 37.7 Å². The Morgan fingerprint density at radius 3 is 2.52 bits per heavy atom. The van der Waals surface area contributed by atoms with E-state index in [-0.39, 0.29) is 17.3 Å². The number of hydrogen-bond acceptors (Lipinski definition) is 4. The first-order chi connectivity index (χ1) is 10.9. The number of rotatable bonds is 5. The van der Waals surface area contributed by atoms with E-state index in [9.17, 15) is 17.6 Å². The normalized spacial score (nSPS) is 17.0. The van der Waals surface area contributed by atoms with E-state index >= 15 is 0 Å². The maximum atomic E-state index is 13.0. The van der Waals surface area contributed by atoms with Crippen LogP contribution in [0.15, 0.2) is 29.2 Å². The zero-order valence-corrected chi connectivity index (χ0v) is 14.0. The van der Waals surface area contributed by atoms with E-state index in [4.69, 9.17) is 0 Å². The van der Waals surface area contributed by atoms with Gasteiger partial charge in [0.2, 0.25) is 15.9 Å². The zero-order chi connectivity index (χ0) is 16.9. The third-order valence-electron chi connectivity index (χ3n) is 3.85.